The minimum absolute atomic E-state index is 0.0418. The molecule has 3 heterocycles. The molecule has 1 N–H and O–H groups in total. The lowest BCUT2D eigenvalue weighted by atomic mass is 9.67. The lowest BCUT2D eigenvalue weighted by Crippen LogP contribution is -2.60. The van der Waals surface area contributed by atoms with Crippen LogP contribution < -0.4 is 5.32 Å². The summed E-state index contributed by atoms with van der Waals surface area (Å²) in [4.78, 5) is 28.4. The third kappa shape index (κ3) is 8.89. The van der Waals surface area contributed by atoms with E-state index in [1.807, 2.05) is 27.8 Å². The van der Waals surface area contributed by atoms with Gasteiger partial charge in [-0.25, -0.2) is 0 Å². The average Bonchev–Trinajstić information content (AvgIpc) is 3.73. The minimum Gasteiger partial charge on any atom is -0.462 e. The zero-order valence-electron chi connectivity index (χ0n) is 34.3. The van der Waals surface area contributed by atoms with Crippen molar-refractivity contribution in [1.82, 2.24) is 5.32 Å². The van der Waals surface area contributed by atoms with Gasteiger partial charge >= 0.3 is 5.97 Å². The van der Waals surface area contributed by atoms with Crippen LogP contribution in [0.4, 0.5) is 0 Å². The van der Waals surface area contributed by atoms with Gasteiger partial charge in [0.05, 0.1) is 30.8 Å². The number of cyclic esters (lactones) is 1. The summed E-state index contributed by atoms with van der Waals surface area (Å²) >= 11 is 0. The summed E-state index contributed by atoms with van der Waals surface area (Å²) in [5.74, 6) is 0.458. The third-order valence-corrected chi connectivity index (χ3v) is 13.7. The number of Topliss-reactive ketones (excluding diaryl/α,β-unsaturated/α-hetero) is 1. The number of hydrogen-bond acceptors (Lipinski definition) is 11. The summed E-state index contributed by atoms with van der Waals surface area (Å²) in [7, 11) is 5.32. The number of nitrogens with one attached hydrogen (secondary N) is 1. The van der Waals surface area contributed by atoms with Crippen molar-refractivity contribution in [3.05, 3.63) is 23.3 Å². The Morgan fingerprint density at radius 2 is 1.63 bits per heavy atom. The standard InChI is InChI=1S/C43H69NO10/c1-10-28-13-12-14-36(54-38-16-15-27(22-44-7)25(5)50-38)24(4)39(46)35-20-33-31(34(35)21-37(45)52-28)17-23(3)30-18-29(19-32(30)33)53-43-42(48-9)41(49-11-2)40(47-8)26(6)51-43/h17,20,24-34,36,38,40-44H,10-16,18-19,21-22H2,1-9H3/t24-,25-,26+,27-,28+,29-,30+,31-,32-,33-,34+,36+,38+,40+,41-,42-,43+/m1/s1. The molecule has 17 atom stereocenters. The van der Waals surface area contributed by atoms with Crippen molar-refractivity contribution in [3.8, 4) is 0 Å². The molecule has 1 saturated carbocycles. The van der Waals surface area contributed by atoms with E-state index in [0.29, 0.717) is 24.9 Å². The highest BCUT2D eigenvalue weighted by Gasteiger charge is 2.54. The maximum atomic E-state index is 14.8. The van der Waals surface area contributed by atoms with Crippen molar-refractivity contribution in [1.29, 1.82) is 0 Å². The van der Waals surface area contributed by atoms with Crippen LogP contribution in [-0.2, 0) is 47.5 Å². The third-order valence-electron chi connectivity index (χ3n) is 13.7. The van der Waals surface area contributed by atoms with Crippen molar-refractivity contribution < 1.29 is 47.5 Å². The van der Waals surface area contributed by atoms with Crippen LogP contribution in [0.25, 0.3) is 0 Å². The van der Waals surface area contributed by atoms with E-state index >= 15 is 0 Å². The highest BCUT2D eigenvalue weighted by molar-refractivity contribution is 5.99. The van der Waals surface area contributed by atoms with Gasteiger partial charge in [0.25, 0.3) is 0 Å². The number of ketones is 1. The fourth-order valence-corrected chi connectivity index (χ4v) is 10.8. The second kappa shape index (κ2) is 18.7. The molecule has 6 rings (SSSR count). The molecule has 11 nitrogen and oxygen atoms in total. The Morgan fingerprint density at radius 1 is 0.852 bits per heavy atom. The first-order valence-corrected chi connectivity index (χ1v) is 21.1. The first kappa shape index (κ1) is 41.9. The van der Waals surface area contributed by atoms with Crippen LogP contribution in [0.2, 0.25) is 0 Å². The van der Waals surface area contributed by atoms with Gasteiger partial charge in [0.15, 0.2) is 18.4 Å². The van der Waals surface area contributed by atoms with Crippen LogP contribution in [0.1, 0.15) is 99.3 Å². The van der Waals surface area contributed by atoms with Gasteiger partial charge in [-0.3, -0.25) is 9.59 Å². The number of carbonyl (C=O) groups excluding carboxylic acids is 2. The predicted molar refractivity (Wildman–Crippen MR) is 203 cm³/mol. The molecule has 0 aromatic heterocycles. The Bertz CT molecular complexity index is 1340. The van der Waals surface area contributed by atoms with E-state index < -0.39 is 12.4 Å². The number of hydrogen-bond donors (Lipinski definition) is 1. The van der Waals surface area contributed by atoms with Gasteiger partial charge in [-0.15, -0.1) is 0 Å². The van der Waals surface area contributed by atoms with Gasteiger partial charge in [0.2, 0.25) is 0 Å². The summed E-state index contributed by atoms with van der Waals surface area (Å²) < 4.78 is 50.3. The quantitative estimate of drug-likeness (QED) is 0.192. The van der Waals surface area contributed by atoms with E-state index in [1.165, 1.54) is 5.57 Å². The molecule has 0 aromatic carbocycles. The van der Waals surface area contributed by atoms with Crippen LogP contribution in [0, 0.1) is 41.4 Å². The van der Waals surface area contributed by atoms with Crippen LogP contribution in [0.15, 0.2) is 23.3 Å². The van der Waals surface area contributed by atoms with E-state index in [2.05, 4.69) is 38.2 Å². The molecule has 11 heteroatoms. The molecule has 3 aliphatic heterocycles. The SMILES string of the molecule is CCO[C@@H]1[C@@H](OC)[C@H](C)O[C@@H](O[C@H]2C[C@H]3[C@@H]4C=C5C(=O)[C@H](C)[C@@H](O[C@H]6CC[C@H](CNC)[C@@H](C)O6)CCC[C@H](CC)OC(=O)C[C@H]5[C@@H]4C=C(C)[C@@H]3C2)[C@@H]1OC. The Labute approximate surface area is 323 Å². The molecular weight excluding hydrogens is 690 g/mol. The van der Waals surface area contributed by atoms with Crippen molar-refractivity contribution in [2.24, 2.45) is 41.4 Å². The second-order valence-corrected chi connectivity index (χ2v) is 17.0. The number of allylic oxidation sites excluding steroid dienone is 4. The topological polar surface area (TPSA) is 120 Å². The first-order chi connectivity index (χ1) is 26.0. The molecule has 3 aliphatic carbocycles. The Morgan fingerprint density at radius 3 is 2.31 bits per heavy atom. The number of esters is 1. The zero-order chi connectivity index (χ0) is 38.7. The first-order valence-electron chi connectivity index (χ1n) is 21.1. The molecule has 54 heavy (non-hydrogen) atoms. The summed E-state index contributed by atoms with van der Waals surface area (Å²) in [6, 6.07) is 0. The molecule has 0 radical (unpaired) electrons. The number of methoxy groups -OCH3 is 2. The molecule has 0 amide bonds. The van der Waals surface area contributed by atoms with Crippen molar-refractivity contribution >= 4 is 11.8 Å². The zero-order valence-corrected chi connectivity index (χ0v) is 34.3. The van der Waals surface area contributed by atoms with Gasteiger partial charge in [-0.1, -0.05) is 31.6 Å². The van der Waals surface area contributed by atoms with E-state index in [1.54, 1.807) is 14.2 Å². The second-order valence-electron chi connectivity index (χ2n) is 17.0. The van der Waals surface area contributed by atoms with E-state index in [-0.39, 0.29) is 96.8 Å². The van der Waals surface area contributed by atoms with E-state index in [9.17, 15) is 9.59 Å². The Hall–Kier alpha value is -1.70. The number of fused-ring (bicyclic) bond motifs is 5. The lowest BCUT2D eigenvalue weighted by Gasteiger charge is -2.44. The van der Waals surface area contributed by atoms with Crippen LogP contribution in [0.5, 0.6) is 0 Å². The monoisotopic (exact) mass is 759 g/mol. The summed E-state index contributed by atoms with van der Waals surface area (Å²) in [6.45, 7) is 13.8. The Kier molecular flexibility index (Phi) is 14.5. The maximum Gasteiger partial charge on any atom is 0.306 e. The van der Waals surface area contributed by atoms with Crippen molar-refractivity contribution in [2.75, 3.05) is 34.4 Å². The van der Waals surface area contributed by atoms with E-state index in [0.717, 1.165) is 57.1 Å². The molecule has 0 unspecified atom stereocenters. The average molecular weight is 760 g/mol. The van der Waals surface area contributed by atoms with Crippen LogP contribution in [0.3, 0.4) is 0 Å². The molecule has 4 fully saturated rings. The van der Waals surface area contributed by atoms with Gasteiger partial charge in [-0.2, -0.15) is 0 Å². The van der Waals surface area contributed by atoms with Crippen molar-refractivity contribution in [3.63, 3.8) is 0 Å². The number of carbonyl (C=O) groups is 2. The summed E-state index contributed by atoms with van der Waals surface area (Å²) in [5.41, 5.74) is 2.08. The highest BCUT2D eigenvalue weighted by Crippen LogP contribution is 2.56. The predicted octanol–water partition coefficient (Wildman–Crippen LogP) is 6.17. The van der Waals surface area contributed by atoms with Gasteiger partial charge in [0, 0.05) is 39.2 Å². The fourth-order valence-electron chi connectivity index (χ4n) is 10.8. The molecule has 0 spiro atoms. The van der Waals surface area contributed by atoms with Crippen LogP contribution in [-0.4, -0.2) is 108 Å². The fraction of sp³-hybridized carbons (Fsp3) is 0.860. The van der Waals surface area contributed by atoms with Crippen LogP contribution >= 0.6 is 0 Å². The van der Waals surface area contributed by atoms with Gasteiger partial charge < -0.3 is 43.2 Å². The molecule has 0 aromatic rings. The van der Waals surface area contributed by atoms with Crippen molar-refractivity contribution in [2.45, 2.75) is 161 Å². The molecule has 306 valence electrons. The molecule has 6 aliphatic rings. The minimum atomic E-state index is -0.596. The van der Waals surface area contributed by atoms with Gasteiger partial charge in [-0.05, 0) is 121 Å². The molecular formula is C43H69NO10. The molecule has 0 bridgehead atoms. The van der Waals surface area contributed by atoms with Gasteiger partial charge in [0.1, 0.15) is 24.4 Å². The highest BCUT2D eigenvalue weighted by atomic mass is 16.7. The molecule has 3 saturated heterocycles. The van der Waals surface area contributed by atoms with E-state index in [4.69, 9.17) is 37.9 Å². The Balaban J connectivity index is 1.22. The smallest absolute Gasteiger partial charge is 0.306 e. The number of rotatable bonds is 11. The normalized spacial score (nSPS) is 44.6. The maximum absolute atomic E-state index is 14.8. The summed E-state index contributed by atoms with van der Waals surface area (Å²) in [6.07, 6.45) is 8.73. The summed E-state index contributed by atoms with van der Waals surface area (Å²) in [5, 5.41) is 3.29. The number of ether oxygens (including phenoxy) is 8. The largest absolute Gasteiger partial charge is 0.462 e. The lowest BCUT2D eigenvalue weighted by molar-refractivity contribution is -0.317.